The monoisotopic (exact) mass is 168 g/mol. The molecule has 0 spiro atoms. The molecule has 0 radical (unpaired) electrons. The average molecular weight is 168 g/mol. The lowest BCUT2D eigenvalue weighted by atomic mass is 10.0. The Morgan fingerprint density at radius 1 is 1.67 bits per heavy atom. The van der Waals surface area contributed by atoms with Gasteiger partial charge in [-0.2, -0.15) is 0 Å². The van der Waals surface area contributed by atoms with Crippen LogP contribution in [0.2, 0.25) is 0 Å². The zero-order valence-corrected chi connectivity index (χ0v) is 7.31. The van der Waals surface area contributed by atoms with E-state index >= 15 is 0 Å². The van der Waals surface area contributed by atoms with Crippen molar-refractivity contribution in [1.82, 2.24) is 10.6 Å². The molecule has 1 fully saturated rings. The van der Waals surface area contributed by atoms with E-state index in [0.29, 0.717) is 6.54 Å². The Morgan fingerprint density at radius 3 is 3.08 bits per heavy atom. The number of carbonyl (C=O) groups is 1. The SMILES string of the molecule is C=CCNC(=O)[C@@H]1CCCCN1. The second-order valence-corrected chi connectivity index (χ2v) is 3.04. The van der Waals surface area contributed by atoms with Crippen LogP contribution in [0.4, 0.5) is 0 Å². The first-order valence-corrected chi connectivity index (χ1v) is 4.46. The number of nitrogens with one attached hydrogen (secondary N) is 2. The Hall–Kier alpha value is -0.830. The number of rotatable bonds is 3. The fourth-order valence-electron chi connectivity index (χ4n) is 1.37. The highest BCUT2D eigenvalue weighted by Crippen LogP contribution is 2.06. The Bertz CT molecular complexity index is 162. The molecule has 0 unspecified atom stereocenters. The van der Waals surface area contributed by atoms with E-state index in [2.05, 4.69) is 17.2 Å². The molecule has 0 aromatic heterocycles. The Labute approximate surface area is 73.2 Å². The van der Waals surface area contributed by atoms with Gasteiger partial charge >= 0.3 is 0 Å². The third-order valence-electron chi connectivity index (χ3n) is 2.05. The lowest BCUT2D eigenvalue weighted by Gasteiger charge is -2.22. The predicted octanol–water partition coefficient (Wildman–Crippen LogP) is 0.431. The average Bonchev–Trinajstić information content (AvgIpc) is 2.15. The van der Waals surface area contributed by atoms with Gasteiger partial charge in [0.05, 0.1) is 6.04 Å². The summed E-state index contributed by atoms with van der Waals surface area (Å²) in [5.74, 6) is 0.106. The molecule has 1 saturated heterocycles. The third kappa shape index (κ3) is 2.66. The standard InChI is InChI=1S/C9H16N2O/c1-2-6-11-9(12)8-5-3-4-7-10-8/h2,8,10H,1,3-7H2,(H,11,12)/t8-/m0/s1. The van der Waals surface area contributed by atoms with Gasteiger partial charge < -0.3 is 10.6 Å². The molecule has 1 atom stereocenters. The number of amides is 1. The maximum Gasteiger partial charge on any atom is 0.237 e. The van der Waals surface area contributed by atoms with Crippen molar-refractivity contribution in [3.8, 4) is 0 Å². The van der Waals surface area contributed by atoms with Crippen molar-refractivity contribution < 1.29 is 4.79 Å². The minimum atomic E-state index is 0.0266. The Kier molecular flexibility index (Phi) is 3.80. The molecule has 1 aliphatic heterocycles. The molecule has 0 aromatic rings. The lowest BCUT2D eigenvalue weighted by Crippen LogP contribution is -2.46. The summed E-state index contributed by atoms with van der Waals surface area (Å²) in [6.07, 6.45) is 4.99. The van der Waals surface area contributed by atoms with Gasteiger partial charge in [0.25, 0.3) is 0 Å². The van der Waals surface area contributed by atoms with Crippen molar-refractivity contribution >= 4 is 5.91 Å². The molecule has 2 N–H and O–H groups in total. The van der Waals surface area contributed by atoms with Gasteiger partial charge in [-0.15, -0.1) is 6.58 Å². The first-order valence-electron chi connectivity index (χ1n) is 4.46. The van der Waals surface area contributed by atoms with Gasteiger partial charge in [-0.25, -0.2) is 0 Å². The van der Waals surface area contributed by atoms with Crippen molar-refractivity contribution in [3.63, 3.8) is 0 Å². The molecule has 0 aromatic carbocycles. The van der Waals surface area contributed by atoms with Crippen LogP contribution in [0.1, 0.15) is 19.3 Å². The topological polar surface area (TPSA) is 41.1 Å². The first kappa shape index (κ1) is 9.26. The Morgan fingerprint density at radius 2 is 2.50 bits per heavy atom. The van der Waals surface area contributed by atoms with Crippen LogP contribution in [-0.2, 0) is 4.79 Å². The highest BCUT2D eigenvalue weighted by Gasteiger charge is 2.19. The van der Waals surface area contributed by atoms with Gasteiger partial charge in [0.1, 0.15) is 0 Å². The molecule has 1 amide bonds. The van der Waals surface area contributed by atoms with Crippen molar-refractivity contribution in [2.24, 2.45) is 0 Å². The van der Waals surface area contributed by atoms with Gasteiger partial charge in [0, 0.05) is 6.54 Å². The molecule has 68 valence electrons. The van der Waals surface area contributed by atoms with E-state index in [0.717, 1.165) is 19.4 Å². The summed E-state index contributed by atoms with van der Waals surface area (Å²) in [4.78, 5) is 11.3. The third-order valence-corrected chi connectivity index (χ3v) is 2.05. The van der Waals surface area contributed by atoms with Crippen LogP contribution in [0, 0.1) is 0 Å². The van der Waals surface area contributed by atoms with Gasteiger partial charge in [0.2, 0.25) is 5.91 Å². The van der Waals surface area contributed by atoms with Crippen molar-refractivity contribution in [2.75, 3.05) is 13.1 Å². The summed E-state index contributed by atoms with van der Waals surface area (Å²) in [5.41, 5.74) is 0. The molecule has 1 aliphatic rings. The molecule has 0 bridgehead atoms. The molecule has 0 saturated carbocycles. The van der Waals surface area contributed by atoms with E-state index in [-0.39, 0.29) is 11.9 Å². The summed E-state index contributed by atoms with van der Waals surface area (Å²) < 4.78 is 0. The van der Waals surface area contributed by atoms with Crippen LogP contribution in [0.5, 0.6) is 0 Å². The largest absolute Gasteiger partial charge is 0.351 e. The van der Waals surface area contributed by atoms with Gasteiger partial charge in [-0.3, -0.25) is 4.79 Å². The van der Waals surface area contributed by atoms with Crippen molar-refractivity contribution in [3.05, 3.63) is 12.7 Å². The van der Waals surface area contributed by atoms with Gasteiger partial charge in [-0.05, 0) is 19.4 Å². The van der Waals surface area contributed by atoms with E-state index in [1.54, 1.807) is 6.08 Å². The van der Waals surface area contributed by atoms with Crippen LogP contribution in [0.25, 0.3) is 0 Å². The van der Waals surface area contributed by atoms with Crippen LogP contribution in [0.15, 0.2) is 12.7 Å². The zero-order valence-electron chi connectivity index (χ0n) is 7.31. The molecular formula is C9H16N2O. The maximum absolute atomic E-state index is 11.3. The molecule has 3 heteroatoms. The normalized spacial score (nSPS) is 23.2. The summed E-state index contributed by atoms with van der Waals surface area (Å²) in [5, 5.41) is 5.96. The van der Waals surface area contributed by atoms with Crippen molar-refractivity contribution in [1.29, 1.82) is 0 Å². The predicted molar refractivity (Wildman–Crippen MR) is 48.8 cm³/mol. The van der Waals surface area contributed by atoms with Gasteiger partial charge in [0.15, 0.2) is 0 Å². The fraction of sp³-hybridized carbons (Fsp3) is 0.667. The summed E-state index contributed by atoms with van der Waals surface area (Å²) in [6.45, 7) is 5.07. The smallest absolute Gasteiger partial charge is 0.237 e. The Balaban J connectivity index is 2.24. The first-order chi connectivity index (χ1) is 5.84. The van der Waals surface area contributed by atoms with Crippen LogP contribution >= 0.6 is 0 Å². The molecule has 3 nitrogen and oxygen atoms in total. The van der Waals surface area contributed by atoms with Crippen LogP contribution in [0.3, 0.4) is 0 Å². The minimum Gasteiger partial charge on any atom is -0.351 e. The zero-order chi connectivity index (χ0) is 8.81. The molecule has 1 heterocycles. The number of hydrogen-bond acceptors (Lipinski definition) is 2. The molecule has 12 heavy (non-hydrogen) atoms. The van der Waals surface area contributed by atoms with Crippen LogP contribution in [-0.4, -0.2) is 25.0 Å². The van der Waals surface area contributed by atoms with E-state index in [1.807, 2.05) is 0 Å². The second-order valence-electron chi connectivity index (χ2n) is 3.04. The van der Waals surface area contributed by atoms with E-state index in [4.69, 9.17) is 0 Å². The summed E-state index contributed by atoms with van der Waals surface area (Å²) >= 11 is 0. The van der Waals surface area contributed by atoms with E-state index in [9.17, 15) is 4.79 Å². The fourth-order valence-corrected chi connectivity index (χ4v) is 1.37. The molecule has 1 rings (SSSR count). The molecular weight excluding hydrogens is 152 g/mol. The van der Waals surface area contributed by atoms with Gasteiger partial charge in [-0.1, -0.05) is 12.5 Å². The minimum absolute atomic E-state index is 0.0266. The highest BCUT2D eigenvalue weighted by atomic mass is 16.2. The number of piperidine rings is 1. The lowest BCUT2D eigenvalue weighted by molar-refractivity contribution is -0.123. The number of carbonyl (C=O) groups excluding carboxylic acids is 1. The quantitative estimate of drug-likeness (QED) is 0.600. The molecule has 0 aliphatic carbocycles. The second kappa shape index (κ2) is 4.93. The summed E-state index contributed by atoms with van der Waals surface area (Å²) in [6, 6.07) is 0.0266. The van der Waals surface area contributed by atoms with E-state index in [1.165, 1.54) is 6.42 Å². The van der Waals surface area contributed by atoms with Crippen LogP contribution < -0.4 is 10.6 Å². The van der Waals surface area contributed by atoms with Crippen molar-refractivity contribution in [2.45, 2.75) is 25.3 Å². The van der Waals surface area contributed by atoms with E-state index < -0.39 is 0 Å². The number of hydrogen-bond donors (Lipinski definition) is 2. The maximum atomic E-state index is 11.3. The summed E-state index contributed by atoms with van der Waals surface area (Å²) in [7, 11) is 0. The highest BCUT2D eigenvalue weighted by molar-refractivity contribution is 5.81.